The van der Waals surface area contributed by atoms with Crippen molar-refractivity contribution < 1.29 is 29.9 Å². The second kappa shape index (κ2) is 13.6. The molecule has 1 unspecified atom stereocenters. The van der Waals surface area contributed by atoms with Crippen LogP contribution in [0.15, 0.2) is 97.5 Å². The van der Waals surface area contributed by atoms with Crippen LogP contribution < -0.4 is 4.74 Å². The number of imidazole rings is 2. The number of pyridine rings is 1. The minimum absolute atomic E-state index is 0. The SMILES string of the molecule is [2H]C([2H])([2H])c1ccc2c3c1c1ccc(Oc4[c-]c(-c5cn(-c6c(C(C)C)cccc6C(C)C)cn5)ccc4)[c-]c1c1nc4c(n13)C(C)(CCCc1ccccc1-4)C2(C)C.[Pt+2]. The van der Waals surface area contributed by atoms with Gasteiger partial charge in [-0.2, -0.15) is 0 Å². The Morgan fingerprint density at radius 1 is 0.842 bits per heavy atom. The summed E-state index contributed by atoms with van der Waals surface area (Å²) in [6.45, 7) is 13.6. The van der Waals surface area contributed by atoms with Crippen LogP contribution in [0.4, 0.5) is 0 Å². The Bertz CT molecular complexity index is 2980. The van der Waals surface area contributed by atoms with Gasteiger partial charge >= 0.3 is 21.1 Å². The van der Waals surface area contributed by atoms with Gasteiger partial charge in [-0.1, -0.05) is 138 Å². The minimum atomic E-state index is -2.34. The summed E-state index contributed by atoms with van der Waals surface area (Å²) < 4.78 is 37.2. The first-order chi connectivity index (χ1) is 28.2. The molecule has 2 aliphatic rings. The van der Waals surface area contributed by atoms with Gasteiger partial charge in [-0.3, -0.25) is 9.97 Å². The van der Waals surface area contributed by atoms with E-state index < -0.39 is 6.85 Å². The van der Waals surface area contributed by atoms with E-state index in [1.807, 2.05) is 42.7 Å². The van der Waals surface area contributed by atoms with Crippen LogP contribution in [-0.4, -0.2) is 18.9 Å². The maximum absolute atomic E-state index is 8.72. The van der Waals surface area contributed by atoms with Crippen molar-refractivity contribution in [3.8, 4) is 39.7 Å². The van der Waals surface area contributed by atoms with E-state index in [0.29, 0.717) is 28.9 Å². The summed E-state index contributed by atoms with van der Waals surface area (Å²) in [5.74, 6) is 1.73. The number of para-hydroxylation sites is 1. The zero-order chi connectivity index (χ0) is 41.2. The molecule has 5 nitrogen and oxygen atoms in total. The van der Waals surface area contributed by atoms with Crippen LogP contribution in [0.1, 0.15) is 111 Å². The van der Waals surface area contributed by atoms with Gasteiger partial charge in [0.15, 0.2) is 0 Å². The van der Waals surface area contributed by atoms with E-state index in [4.69, 9.17) is 18.8 Å². The molecule has 57 heavy (non-hydrogen) atoms. The van der Waals surface area contributed by atoms with Crippen molar-refractivity contribution in [3.05, 3.63) is 143 Å². The first-order valence-corrected chi connectivity index (χ1v) is 20.0. The third-order valence-corrected chi connectivity index (χ3v) is 13.1. The molecule has 8 aromatic rings. The molecular weight excluding hydrogens is 880 g/mol. The Balaban J connectivity index is 0.00000462. The molecule has 5 aromatic carbocycles. The Kier molecular flexibility index (Phi) is 8.11. The number of benzene rings is 5. The van der Waals surface area contributed by atoms with Gasteiger partial charge in [-0.05, 0) is 71.8 Å². The van der Waals surface area contributed by atoms with Gasteiger partial charge in [0.2, 0.25) is 0 Å². The van der Waals surface area contributed by atoms with Gasteiger partial charge in [0.25, 0.3) is 0 Å². The molecule has 0 radical (unpaired) electrons. The maximum atomic E-state index is 8.72. The quantitative estimate of drug-likeness (QED) is 0.123. The van der Waals surface area contributed by atoms with Gasteiger partial charge in [0, 0.05) is 48.9 Å². The van der Waals surface area contributed by atoms with E-state index in [0.717, 1.165) is 80.4 Å². The van der Waals surface area contributed by atoms with E-state index in [-0.39, 0.29) is 31.9 Å². The summed E-state index contributed by atoms with van der Waals surface area (Å²) >= 11 is 0. The largest absolute Gasteiger partial charge is 2.00 e. The standard InChI is InChI=1S/C51H48N4O.Pt/c1-30(2)37-19-12-20-38(31(3)4)46(37)54-28-43(52-29-54)34-15-11-17-35(26-34)56-36-22-23-40-41(27-36)49-53-45-39-18-10-9-14-33(39)16-13-25-51(8)48(45)55(49)47-42(50(51,6)7)24-21-32(5)44(40)47;/h9-12,14-15,17-24,28-31H,13,16,25H2,1-8H3;/q-2;+2/i5D3;. The zero-order valence-electron chi connectivity index (χ0n) is 36.5. The third-order valence-electron chi connectivity index (χ3n) is 13.1. The average molecular weight is 931 g/mol. The molecule has 0 spiro atoms. The van der Waals surface area contributed by atoms with Gasteiger partial charge in [0.1, 0.15) is 0 Å². The number of rotatable bonds is 6. The second-order valence-corrected chi connectivity index (χ2v) is 17.2. The monoisotopic (exact) mass is 930 g/mol. The smallest absolute Gasteiger partial charge is 0.497 e. The van der Waals surface area contributed by atoms with E-state index >= 15 is 0 Å². The van der Waals surface area contributed by atoms with Gasteiger partial charge in [-0.15, -0.1) is 29.8 Å². The van der Waals surface area contributed by atoms with Gasteiger partial charge in [-0.25, -0.2) is 0 Å². The predicted molar refractivity (Wildman–Crippen MR) is 229 cm³/mol. The number of ether oxygens (including phenoxy) is 1. The number of aromatic nitrogens is 4. The Morgan fingerprint density at radius 2 is 1.60 bits per heavy atom. The van der Waals surface area contributed by atoms with E-state index in [1.165, 1.54) is 22.4 Å². The third kappa shape index (κ3) is 5.52. The zero-order valence-corrected chi connectivity index (χ0v) is 35.8. The fourth-order valence-corrected chi connectivity index (χ4v) is 9.82. The number of aryl methyl sites for hydroxylation is 2. The number of nitrogens with zero attached hydrogens (tertiary/aromatic N) is 4. The van der Waals surface area contributed by atoms with Crippen molar-refractivity contribution in [1.29, 1.82) is 0 Å². The predicted octanol–water partition coefficient (Wildman–Crippen LogP) is 13.0. The first-order valence-electron chi connectivity index (χ1n) is 21.5. The Labute approximate surface area is 354 Å². The summed E-state index contributed by atoms with van der Waals surface area (Å²) in [7, 11) is 0. The summed E-state index contributed by atoms with van der Waals surface area (Å²) in [6, 6.07) is 35.9. The topological polar surface area (TPSA) is 44.3 Å². The van der Waals surface area contributed by atoms with E-state index in [9.17, 15) is 0 Å². The summed E-state index contributed by atoms with van der Waals surface area (Å²) in [4.78, 5) is 10.4. The fourth-order valence-electron chi connectivity index (χ4n) is 9.82. The molecule has 3 aromatic heterocycles. The van der Waals surface area contributed by atoms with Crippen LogP contribution in [0.25, 0.3) is 55.5 Å². The van der Waals surface area contributed by atoms with Crippen molar-refractivity contribution in [2.75, 3.05) is 0 Å². The average Bonchev–Trinajstić information content (AvgIpc) is 3.86. The fraction of sp³-hybridized carbons (Fsp3) is 0.294. The molecule has 0 amide bonds. The summed E-state index contributed by atoms with van der Waals surface area (Å²) in [6.07, 6.45) is 6.94. The van der Waals surface area contributed by atoms with E-state index in [2.05, 4.69) is 124 Å². The van der Waals surface area contributed by atoms with Gasteiger partial charge in [0.05, 0.1) is 23.4 Å². The normalized spacial score (nSPS) is 17.9. The molecule has 1 atom stereocenters. The van der Waals surface area contributed by atoms with Gasteiger partial charge < -0.3 is 13.7 Å². The summed E-state index contributed by atoms with van der Waals surface area (Å²) in [5.41, 5.74) is 12.4. The van der Waals surface area contributed by atoms with Crippen LogP contribution in [-0.2, 0) is 38.3 Å². The molecule has 1 aliphatic carbocycles. The molecule has 1 aliphatic heterocycles. The second-order valence-electron chi connectivity index (χ2n) is 17.2. The molecule has 0 bridgehead atoms. The van der Waals surface area contributed by atoms with Crippen molar-refractivity contribution >= 4 is 27.3 Å². The minimum Gasteiger partial charge on any atom is -0.497 e. The van der Waals surface area contributed by atoms with Crippen molar-refractivity contribution in [2.45, 2.75) is 97.2 Å². The maximum Gasteiger partial charge on any atom is 2.00 e. The molecule has 288 valence electrons. The van der Waals surface area contributed by atoms with Crippen LogP contribution in [0.2, 0.25) is 0 Å². The molecule has 0 fully saturated rings. The van der Waals surface area contributed by atoms with Crippen LogP contribution >= 0.6 is 0 Å². The summed E-state index contributed by atoms with van der Waals surface area (Å²) in [5, 5.41) is 2.25. The number of hydrogen-bond acceptors (Lipinski definition) is 3. The van der Waals surface area contributed by atoms with Crippen LogP contribution in [0.5, 0.6) is 11.5 Å². The first kappa shape index (κ1) is 34.1. The van der Waals surface area contributed by atoms with Crippen molar-refractivity contribution in [2.24, 2.45) is 0 Å². The molecule has 0 saturated carbocycles. The van der Waals surface area contributed by atoms with Crippen LogP contribution in [0, 0.1) is 19.0 Å². The van der Waals surface area contributed by atoms with E-state index in [1.54, 1.807) is 0 Å². The molecule has 6 heteroatoms. The number of fused-ring (bicyclic) bond motifs is 5. The van der Waals surface area contributed by atoms with Crippen molar-refractivity contribution in [3.63, 3.8) is 0 Å². The Morgan fingerprint density at radius 3 is 2.37 bits per heavy atom. The molecule has 0 saturated heterocycles. The Hall–Kier alpha value is -4.99. The molecule has 0 N–H and O–H groups in total. The molecular formula is C51H48N4OPt. The van der Waals surface area contributed by atoms with Crippen LogP contribution in [0.3, 0.4) is 0 Å². The van der Waals surface area contributed by atoms with Crippen molar-refractivity contribution in [1.82, 2.24) is 18.9 Å². The number of hydrogen-bond donors (Lipinski definition) is 0. The molecule has 10 rings (SSSR count). The molecule has 4 heterocycles.